The van der Waals surface area contributed by atoms with Crippen molar-refractivity contribution in [1.82, 2.24) is 14.8 Å². The van der Waals surface area contributed by atoms with Crippen molar-refractivity contribution >= 4 is 39.4 Å². The molecular weight excluding hydrogens is 422 g/mol. The summed E-state index contributed by atoms with van der Waals surface area (Å²) in [5.41, 5.74) is 1.29. The number of carbonyl (C=O) groups is 1. The van der Waals surface area contributed by atoms with Crippen LogP contribution in [-0.2, 0) is 11.3 Å². The Hall–Kier alpha value is -2.66. The number of hydrogen-bond donors (Lipinski definition) is 1. The maximum absolute atomic E-state index is 12.4. The summed E-state index contributed by atoms with van der Waals surface area (Å²) >= 11 is 3.09. The highest BCUT2D eigenvalue weighted by molar-refractivity contribution is 7.14. The number of hydrogen-bond acceptors (Lipinski definition) is 8. The van der Waals surface area contributed by atoms with E-state index < -0.39 is 4.92 Å². The molecule has 156 valence electrons. The van der Waals surface area contributed by atoms with E-state index in [0.29, 0.717) is 22.9 Å². The van der Waals surface area contributed by atoms with Crippen LogP contribution in [0.25, 0.3) is 11.3 Å². The predicted octanol–water partition coefficient (Wildman–Crippen LogP) is 3.54. The van der Waals surface area contributed by atoms with E-state index >= 15 is 0 Å². The van der Waals surface area contributed by atoms with Crippen LogP contribution in [0.4, 0.5) is 10.8 Å². The fourth-order valence-corrected chi connectivity index (χ4v) is 4.81. The molecule has 0 spiro atoms. The number of thiazole rings is 1. The number of nitro benzene ring substituents is 1. The molecule has 0 radical (unpaired) electrons. The van der Waals surface area contributed by atoms with E-state index in [2.05, 4.69) is 37.6 Å². The number of nitrogens with zero attached hydrogens (tertiary/aromatic N) is 4. The van der Waals surface area contributed by atoms with E-state index in [4.69, 9.17) is 0 Å². The standard InChI is InChI=1S/C20H21N5O3S2/c26-19(13-24-8-6-23(7-9-24)12-17-5-2-10-29-17)22-20-21-18(14-30-20)15-3-1-4-16(11-15)25(27)28/h1-5,10-11,14H,6-9,12-13H2,(H,21,22,26). The van der Waals surface area contributed by atoms with Gasteiger partial charge < -0.3 is 5.32 Å². The highest BCUT2D eigenvalue weighted by Gasteiger charge is 2.20. The van der Waals surface area contributed by atoms with Crippen molar-refractivity contribution in [3.05, 3.63) is 62.1 Å². The Morgan fingerprint density at radius 3 is 2.67 bits per heavy atom. The van der Waals surface area contributed by atoms with Gasteiger partial charge in [0.25, 0.3) is 5.69 Å². The molecule has 3 aromatic rings. The molecule has 30 heavy (non-hydrogen) atoms. The molecule has 2 aromatic heterocycles. The van der Waals surface area contributed by atoms with Crippen molar-refractivity contribution in [2.45, 2.75) is 6.54 Å². The summed E-state index contributed by atoms with van der Waals surface area (Å²) in [6.07, 6.45) is 0. The quantitative estimate of drug-likeness (QED) is 0.444. The zero-order valence-electron chi connectivity index (χ0n) is 16.2. The van der Waals surface area contributed by atoms with Crippen molar-refractivity contribution in [2.24, 2.45) is 0 Å². The molecule has 0 bridgehead atoms. The maximum Gasteiger partial charge on any atom is 0.270 e. The number of nitrogens with one attached hydrogen (secondary N) is 1. The number of nitro groups is 1. The Kier molecular flexibility index (Phi) is 6.48. The first kappa shape index (κ1) is 20.6. The van der Waals surface area contributed by atoms with Crippen LogP contribution in [0.3, 0.4) is 0 Å². The fourth-order valence-electron chi connectivity index (χ4n) is 3.33. The van der Waals surface area contributed by atoms with E-state index in [1.165, 1.54) is 28.3 Å². The highest BCUT2D eigenvalue weighted by atomic mass is 32.1. The zero-order valence-corrected chi connectivity index (χ0v) is 17.8. The van der Waals surface area contributed by atoms with Crippen LogP contribution >= 0.6 is 22.7 Å². The van der Waals surface area contributed by atoms with Crippen molar-refractivity contribution in [2.75, 3.05) is 38.0 Å². The zero-order chi connectivity index (χ0) is 20.9. The van der Waals surface area contributed by atoms with Gasteiger partial charge in [-0.3, -0.25) is 24.7 Å². The molecule has 0 atom stereocenters. The summed E-state index contributed by atoms with van der Waals surface area (Å²) in [6, 6.07) is 10.5. The Morgan fingerprint density at radius 1 is 1.13 bits per heavy atom. The number of aromatic nitrogens is 1. The minimum Gasteiger partial charge on any atom is -0.301 e. The average molecular weight is 444 g/mol. The maximum atomic E-state index is 12.4. The number of amides is 1. The molecule has 1 aliphatic heterocycles. The van der Waals surface area contributed by atoms with E-state index in [1.54, 1.807) is 28.8 Å². The molecule has 1 saturated heterocycles. The summed E-state index contributed by atoms with van der Waals surface area (Å²) in [7, 11) is 0. The van der Waals surface area contributed by atoms with E-state index in [-0.39, 0.29) is 11.6 Å². The molecule has 1 aliphatic rings. The molecule has 0 saturated carbocycles. The minimum atomic E-state index is -0.432. The second-order valence-corrected chi connectivity index (χ2v) is 8.92. The van der Waals surface area contributed by atoms with Crippen LogP contribution in [0.5, 0.6) is 0 Å². The van der Waals surface area contributed by atoms with Gasteiger partial charge in [0.05, 0.1) is 17.2 Å². The van der Waals surface area contributed by atoms with Gasteiger partial charge in [0.15, 0.2) is 5.13 Å². The molecule has 8 nitrogen and oxygen atoms in total. The monoisotopic (exact) mass is 443 g/mol. The second kappa shape index (κ2) is 9.43. The van der Waals surface area contributed by atoms with Gasteiger partial charge in [0, 0.05) is 60.7 Å². The first-order chi connectivity index (χ1) is 14.6. The smallest absolute Gasteiger partial charge is 0.270 e. The number of thiophene rings is 1. The van der Waals surface area contributed by atoms with Gasteiger partial charge in [-0.25, -0.2) is 4.98 Å². The average Bonchev–Trinajstić information content (AvgIpc) is 3.42. The predicted molar refractivity (Wildman–Crippen MR) is 119 cm³/mol. The lowest BCUT2D eigenvalue weighted by Gasteiger charge is -2.33. The lowest BCUT2D eigenvalue weighted by atomic mass is 10.1. The van der Waals surface area contributed by atoms with Gasteiger partial charge in [-0.2, -0.15) is 0 Å². The number of piperazine rings is 1. The van der Waals surface area contributed by atoms with Crippen LogP contribution in [0.15, 0.2) is 47.2 Å². The van der Waals surface area contributed by atoms with Crippen molar-refractivity contribution in [3.63, 3.8) is 0 Å². The molecule has 4 rings (SSSR count). The summed E-state index contributed by atoms with van der Waals surface area (Å²) in [6.45, 7) is 4.90. The first-order valence-corrected chi connectivity index (χ1v) is 11.3. The van der Waals surface area contributed by atoms with Crippen LogP contribution in [0.1, 0.15) is 4.88 Å². The van der Waals surface area contributed by atoms with E-state index in [9.17, 15) is 14.9 Å². The van der Waals surface area contributed by atoms with Crippen LogP contribution in [0, 0.1) is 10.1 Å². The van der Waals surface area contributed by atoms with Crippen molar-refractivity contribution < 1.29 is 9.72 Å². The Bertz CT molecular complexity index is 1010. The fraction of sp³-hybridized carbons (Fsp3) is 0.300. The largest absolute Gasteiger partial charge is 0.301 e. The van der Waals surface area contributed by atoms with Crippen LogP contribution < -0.4 is 5.32 Å². The molecule has 3 heterocycles. The molecule has 10 heteroatoms. The second-order valence-electron chi connectivity index (χ2n) is 7.03. The third-order valence-corrected chi connectivity index (χ3v) is 6.51. The summed E-state index contributed by atoms with van der Waals surface area (Å²) in [4.78, 5) is 33.3. The lowest BCUT2D eigenvalue weighted by Crippen LogP contribution is -2.48. The summed E-state index contributed by atoms with van der Waals surface area (Å²) < 4.78 is 0. The Morgan fingerprint density at radius 2 is 1.93 bits per heavy atom. The summed E-state index contributed by atoms with van der Waals surface area (Å²) in [5, 5.41) is 18.2. The van der Waals surface area contributed by atoms with Crippen molar-refractivity contribution in [3.8, 4) is 11.3 Å². The number of benzene rings is 1. The van der Waals surface area contributed by atoms with E-state index in [1.807, 2.05) is 0 Å². The molecule has 1 amide bonds. The number of non-ortho nitro benzene ring substituents is 1. The highest BCUT2D eigenvalue weighted by Crippen LogP contribution is 2.27. The molecule has 1 aromatic carbocycles. The van der Waals surface area contributed by atoms with Gasteiger partial charge in [-0.1, -0.05) is 18.2 Å². The number of anilines is 1. The molecule has 1 N–H and O–H groups in total. The number of carbonyl (C=O) groups excluding carboxylic acids is 1. The molecule has 0 unspecified atom stereocenters. The molecule has 0 aliphatic carbocycles. The molecule has 1 fully saturated rings. The first-order valence-electron chi connectivity index (χ1n) is 9.54. The van der Waals surface area contributed by atoms with Gasteiger partial charge in [0.1, 0.15) is 0 Å². The van der Waals surface area contributed by atoms with Gasteiger partial charge >= 0.3 is 0 Å². The summed E-state index contributed by atoms with van der Waals surface area (Å²) in [5.74, 6) is -0.0957. The van der Waals surface area contributed by atoms with E-state index in [0.717, 1.165) is 32.7 Å². The lowest BCUT2D eigenvalue weighted by molar-refractivity contribution is -0.384. The number of rotatable bonds is 7. The molecular formula is C20H21N5O3S2. The van der Waals surface area contributed by atoms with Gasteiger partial charge in [0.2, 0.25) is 5.91 Å². The third-order valence-electron chi connectivity index (χ3n) is 4.89. The van der Waals surface area contributed by atoms with Gasteiger partial charge in [-0.05, 0) is 11.4 Å². The Labute approximate surface area is 181 Å². The van der Waals surface area contributed by atoms with Gasteiger partial charge in [-0.15, -0.1) is 22.7 Å². The topological polar surface area (TPSA) is 91.6 Å². The SMILES string of the molecule is O=C(CN1CCN(Cc2cccs2)CC1)Nc1nc(-c2cccc([N+](=O)[O-])c2)cs1. The van der Waals surface area contributed by atoms with Crippen LogP contribution in [0.2, 0.25) is 0 Å². The van der Waals surface area contributed by atoms with Crippen molar-refractivity contribution in [1.29, 1.82) is 0 Å². The normalized spacial score (nSPS) is 15.2. The Balaban J connectivity index is 1.27. The van der Waals surface area contributed by atoms with Crippen LogP contribution in [-0.4, -0.2) is 58.3 Å². The minimum absolute atomic E-state index is 0.0179. The third kappa shape index (κ3) is 5.28.